The second-order valence-corrected chi connectivity index (χ2v) is 5.41. The number of para-hydroxylation sites is 2. The van der Waals surface area contributed by atoms with Crippen molar-refractivity contribution in [2.24, 2.45) is 0 Å². The summed E-state index contributed by atoms with van der Waals surface area (Å²) in [5.41, 5.74) is 3.98. The van der Waals surface area contributed by atoms with Crippen molar-refractivity contribution in [2.75, 3.05) is 19.1 Å². The van der Waals surface area contributed by atoms with Crippen molar-refractivity contribution < 1.29 is 9.53 Å². The lowest BCUT2D eigenvalue weighted by Gasteiger charge is -2.21. The summed E-state index contributed by atoms with van der Waals surface area (Å²) in [6.45, 7) is 0. The van der Waals surface area contributed by atoms with Crippen molar-refractivity contribution >= 4 is 11.6 Å². The van der Waals surface area contributed by atoms with Gasteiger partial charge < -0.3 is 14.6 Å². The van der Waals surface area contributed by atoms with Gasteiger partial charge in [-0.2, -0.15) is 0 Å². The van der Waals surface area contributed by atoms with E-state index in [4.69, 9.17) is 4.74 Å². The van der Waals surface area contributed by atoms with Crippen molar-refractivity contribution in [1.29, 1.82) is 0 Å². The van der Waals surface area contributed by atoms with Crippen LogP contribution in [0.2, 0.25) is 0 Å². The number of methoxy groups -OCH3 is 1. The number of hydrogen-bond donors (Lipinski definition) is 1. The number of fused-ring (bicyclic) bond motifs is 1. The SMILES string of the molecule is COc1ccccc1N(C)C(=O)c1[nH]cc2c1CCCC2. The van der Waals surface area contributed by atoms with Crippen LogP contribution in [0.15, 0.2) is 30.5 Å². The Hall–Kier alpha value is -2.23. The molecular weight excluding hydrogens is 264 g/mol. The number of carbonyl (C=O) groups is 1. The van der Waals surface area contributed by atoms with Crippen molar-refractivity contribution in [2.45, 2.75) is 25.7 Å². The van der Waals surface area contributed by atoms with Gasteiger partial charge in [0.25, 0.3) is 5.91 Å². The Morgan fingerprint density at radius 1 is 1.24 bits per heavy atom. The van der Waals surface area contributed by atoms with Gasteiger partial charge >= 0.3 is 0 Å². The first-order valence-corrected chi connectivity index (χ1v) is 7.32. The quantitative estimate of drug-likeness (QED) is 0.941. The first-order valence-electron chi connectivity index (χ1n) is 7.32. The molecule has 3 rings (SSSR count). The monoisotopic (exact) mass is 284 g/mol. The highest BCUT2D eigenvalue weighted by atomic mass is 16.5. The molecule has 2 aromatic rings. The predicted molar refractivity (Wildman–Crippen MR) is 83.2 cm³/mol. The Morgan fingerprint density at radius 2 is 2.00 bits per heavy atom. The topological polar surface area (TPSA) is 45.3 Å². The van der Waals surface area contributed by atoms with Crippen molar-refractivity contribution in [3.63, 3.8) is 0 Å². The maximum atomic E-state index is 12.8. The molecule has 1 N–H and O–H groups in total. The first-order chi connectivity index (χ1) is 10.2. The molecule has 1 heterocycles. The lowest BCUT2D eigenvalue weighted by molar-refractivity contribution is 0.0987. The standard InChI is InChI=1S/C17H20N2O2/c1-19(14-9-5-6-10-15(14)21-2)17(20)16-13-8-4-3-7-12(13)11-18-16/h5-6,9-11,18H,3-4,7-8H2,1-2H3. The van der Waals surface area contributed by atoms with E-state index in [9.17, 15) is 4.79 Å². The molecule has 0 fully saturated rings. The lowest BCUT2D eigenvalue weighted by atomic mass is 9.93. The van der Waals surface area contributed by atoms with Crippen LogP contribution < -0.4 is 9.64 Å². The summed E-state index contributed by atoms with van der Waals surface area (Å²) in [5.74, 6) is 0.691. The summed E-state index contributed by atoms with van der Waals surface area (Å²) < 4.78 is 5.34. The zero-order valence-corrected chi connectivity index (χ0v) is 12.5. The van der Waals surface area contributed by atoms with Gasteiger partial charge in [0.1, 0.15) is 11.4 Å². The number of benzene rings is 1. The van der Waals surface area contributed by atoms with E-state index in [0.717, 1.165) is 30.6 Å². The van der Waals surface area contributed by atoms with E-state index in [-0.39, 0.29) is 5.91 Å². The molecular formula is C17H20N2O2. The van der Waals surface area contributed by atoms with Crippen LogP contribution in [-0.4, -0.2) is 25.0 Å². The third-order valence-corrected chi connectivity index (χ3v) is 4.17. The minimum absolute atomic E-state index is 0.0114. The maximum Gasteiger partial charge on any atom is 0.274 e. The third-order valence-electron chi connectivity index (χ3n) is 4.17. The fourth-order valence-corrected chi connectivity index (χ4v) is 2.99. The minimum Gasteiger partial charge on any atom is -0.495 e. The van der Waals surface area contributed by atoms with E-state index in [2.05, 4.69) is 4.98 Å². The molecule has 0 radical (unpaired) electrons. The maximum absolute atomic E-state index is 12.8. The summed E-state index contributed by atoms with van der Waals surface area (Å²) in [5, 5.41) is 0. The van der Waals surface area contributed by atoms with Gasteiger partial charge in [0, 0.05) is 13.2 Å². The van der Waals surface area contributed by atoms with E-state index in [1.54, 1.807) is 19.1 Å². The highest BCUT2D eigenvalue weighted by Gasteiger charge is 2.24. The van der Waals surface area contributed by atoms with Crippen LogP contribution in [0.4, 0.5) is 5.69 Å². The van der Waals surface area contributed by atoms with Crippen molar-refractivity contribution in [3.05, 3.63) is 47.3 Å². The zero-order chi connectivity index (χ0) is 14.8. The lowest BCUT2D eigenvalue weighted by Crippen LogP contribution is -2.28. The van der Waals surface area contributed by atoms with Gasteiger partial charge in [-0.05, 0) is 48.9 Å². The highest BCUT2D eigenvalue weighted by molar-refractivity contribution is 6.06. The number of aromatic nitrogens is 1. The van der Waals surface area contributed by atoms with Crippen LogP contribution in [0, 0.1) is 0 Å². The molecule has 1 amide bonds. The Bertz CT molecular complexity index is 661. The van der Waals surface area contributed by atoms with Gasteiger partial charge in [-0.3, -0.25) is 4.79 Å². The van der Waals surface area contributed by atoms with E-state index < -0.39 is 0 Å². The third kappa shape index (κ3) is 2.42. The predicted octanol–water partition coefficient (Wildman–Crippen LogP) is 3.18. The van der Waals surface area contributed by atoms with E-state index in [1.807, 2.05) is 30.5 Å². The smallest absolute Gasteiger partial charge is 0.274 e. The van der Waals surface area contributed by atoms with Gasteiger partial charge in [0.2, 0.25) is 0 Å². The fourth-order valence-electron chi connectivity index (χ4n) is 2.99. The Kier molecular flexibility index (Phi) is 3.69. The molecule has 110 valence electrons. The molecule has 1 aliphatic rings. The summed E-state index contributed by atoms with van der Waals surface area (Å²) in [7, 11) is 3.41. The number of aryl methyl sites for hydroxylation is 1. The second kappa shape index (κ2) is 5.64. The fraction of sp³-hybridized carbons (Fsp3) is 0.353. The molecule has 1 aromatic carbocycles. The molecule has 4 nitrogen and oxygen atoms in total. The number of hydrogen-bond acceptors (Lipinski definition) is 2. The molecule has 4 heteroatoms. The number of aromatic amines is 1. The van der Waals surface area contributed by atoms with Crippen LogP contribution >= 0.6 is 0 Å². The summed E-state index contributed by atoms with van der Waals surface area (Å²) in [4.78, 5) is 17.6. The van der Waals surface area contributed by atoms with Crippen LogP contribution in [0.5, 0.6) is 5.75 Å². The molecule has 0 aliphatic heterocycles. The first kappa shape index (κ1) is 13.7. The molecule has 0 saturated carbocycles. The molecule has 0 saturated heterocycles. The molecule has 0 atom stereocenters. The number of ether oxygens (including phenoxy) is 1. The van der Waals surface area contributed by atoms with Gasteiger partial charge in [0.05, 0.1) is 12.8 Å². The van der Waals surface area contributed by atoms with Gasteiger partial charge in [-0.25, -0.2) is 0 Å². The number of amides is 1. The largest absolute Gasteiger partial charge is 0.495 e. The molecule has 0 spiro atoms. The molecule has 0 unspecified atom stereocenters. The van der Waals surface area contributed by atoms with Gasteiger partial charge in [0.15, 0.2) is 0 Å². The molecule has 21 heavy (non-hydrogen) atoms. The summed E-state index contributed by atoms with van der Waals surface area (Å²) >= 11 is 0. The average molecular weight is 284 g/mol. The molecule has 1 aromatic heterocycles. The van der Waals surface area contributed by atoms with E-state index in [1.165, 1.54) is 17.5 Å². The number of anilines is 1. The average Bonchev–Trinajstić information content (AvgIpc) is 2.97. The summed E-state index contributed by atoms with van der Waals surface area (Å²) in [6, 6.07) is 7.57. The van der Waals surface area contributed by atoms with Gasteiger partial charge in [-0.1, -0.05) is 12.1 Å². The van der Waals surface area contributed by atoms with Crippen LogP contribution in [0.3, 0.4) is 0 Å². The van der Waals surface area contributed by atoms with Crippen LogP contribution in [0.1, 0.15) is 34.5 Å². The Morgan fingerprint density at radius 3 is 2.81 bits per heavy atom. The van der Waals surface area contributed by atoms with E-state index in [0.29, 0.717) is 5.75 Å². The van der Waals surface area contributed by atoms with Crippen molar-refractivity contribution in [1.82, 2.24) is 4.98 Å². The molecule has 1 aliphatic carbocycles. The summed E-state index contributed by atoms with van der Waals surface area (Å²) in [6.07, 6.45) is 6.40. The number of nitrogens with zero attached hydrogens (tertiary/aromatic N) is 1. The minimum atomic E-state index is -0.0114. The van der Waals surface area contributed by atoms with Gasteiger partial charge in [-0.15, -0.1) is 0 Å². The Labute approximate surface area is 124 Å². The number of rotatable bonds is 3. The zero-order valence-electron chi connectivity index (χ0n) is 12.5. The number of nitrogens with one attached hydrogen (secondary N) is 1. The number of carbonyl (C=O) groups excluding carboxylic acids is 1. The van der Waals surface area contributed by atoms with Crippen molar-refractivity contribution in [3.8, 4) is 5.75 Å². The van der Waals surface area contributed by atoms with Crippen LogP contribution in [0.25, 0.3) is 0 Å². The number of H-pyrrole nitrogens is 1. The molecule has 0 bridgehead atoms. The van der Waals surface area contributed by atoms with Crippen LogP contribution in [-0.2, 0) is 12.8 Å². The van der Waals surface area contributed by atoms with E-state index >= 15 is 0 Å². The second-order valence-electron chi connectivity index (χ2n) is 5.41. The normalized spacial score (nSPS) is 13.6. The Balaban J connectivity index is 1.93. The highest BCUT2D eigenvalue weighted by Crippen LogP contribution is 2.30.